The van der Waals surface area contributed by atoms with Crippen LogP contribution in [-0.4, -0.2) is 17.6 Å². The minimum Gasteiger partial charge on any atom is -0.354 e. The van der Waals surface area contributed by atoms with E-state index in [9.17, 15) is 0 Å². The van der Waals surface area contributed by atoms with Gasteiger partial charge in [-0.2, -0.15) is 0 Å². The lowest BCUT2D eigenvalue weighted by Crippen LogP contribution is -2.33. The van der Waals surface area contributed by atoms with E-state index in [0.717, 1.165) is 18.1 Å². The minimum absolute atomic E-state index is 0.568. The molecule has 1 aromatic rings. The molecule has 1 fully saturated rings. The number of aromatic nitrogens is 1. The fraction of sp³-hybridized carbons (Fsp3) is 0.643. The van der Waals surface area contributed by atoms with Crippen LogP contribution >= 0.6 is 11.6 Å². The number of anilines is 1. The van der Waals surface area contributed by atoms with Crippen molar-refractivity contribution in [2.75, 3.05) is 11.4 Å². The molecular formula is C14H21ClN2. The second-order valence-corrected chi connectivity index (χ2v) is 5.10. The van der Waals surface area contributed by atoms with E-state index in [4.69, 9.17) is 11.6 Å². The largest absolute Gasteiger partial charge is 0.354 e. The molecule has 1 aliphatic carbocycles. The van der Waals surface area contributed by atoms with Crippen LogP contribution in [0.3, 0.4) is 0 Å². The van der Waals surface area contributed by atoms with Gasteiger partial charge in [0.2, 0.25) is 0 Å². The lowest BCUT2D eigenvalue weighted by atomic mass is 10.2. The molecule has 94 valence electrons. The fourth-order valence-corrected chi connectivity index (χ4v) is 2.92. The van der Waals surface area contributed by atoms with Gasteiger partial charge in [-0.1, -0.05) is 12.8 Å². The standard InChI is InChI=1S/C14H21ClN2/c1-3-17(13-6-4-5-7-13)14-9-12(10-15)8-11(2)16-14/h8-9,13H,3-7,10H2,1-2H3. The van der Waals surface area contributed by atoms with Gasteiger partial charge in [-0.25, -0.2) is 4.98 Å². The van der Waals surface area contributed by atoms with Crippen molar-refractivity contribution in [2.24, 2.45) is 0 Å². The molecule has 0 radical (unpaired) electrons. The average molecular weight is 253 g/mol. The fourth-order valence-electron chi connectivity index (χ4n) is 2.77. The zero-order chi connectivity index (χ0) is 12.3. The zero-order valence-corrected chi connectivity index (χ0v) is 11.5. The topological polar surface area (TPSA) is 16.1 Å². The second kappa shape index (κ2) is 5.72. The number of hydrogen-bond acceptors (Lipinski definition) is 2. The van der Waals surface area contributed by atoms with Crippen LogP contribution in [0.2, 0.25) is 0 Å². The molecule has 2 nitrogen and oxygen atoms in total. The summed E-state index contributed by atoms with van der Waals surface area (Å²) in [6.45, 7) is 5.29. The highest BCUT2D eigenvalue weighted by molar-refractivity contribution is 6.17. The van der Waals surface area contributed by atoms with Crippen LogP contribution in [-0.2, 0) is 5.88 Å². The first-order chi connectivity index (χ1) is 8.24. The summed E-state index contributed by atoms with van der Waals surface area (Å²) in [4.78, 5) is 7.11. The van der Waals surface area contributed by atoms with Crippen molar-refractivity contribution in [1.82, 2.24) is 4.98 Å². The van der Waals surface area contributed by atoms with Crippen molar-refractivity contribution in [3.05, 3.63) is 23.4 Å². The third kappa shape index (κ3) is 2.92. The molecule has 3 heteroatoms. The van der Waals surface area contributed by atoms with Crippen LogP contribution in [0.25, 0.3) is 0 Å². The Labute approximate surface area is 109 Å². The molecule has 1 saturated carbocycles. The van der Waals surface area contributed by atoms with Crippen LogP contribution in [0.1, 0.15) is 43.9 Å². The molecule has 1 aliphatic rings. The average Bonchev–Trinajstić information content (AvgIpc) is 2.83. The van der Waals surface area contributed by atoms with Crippen molar-refractivity contribution >= 4 is 17.4 Å². The molecule has 2 rings (SSSR count). The molecule has 0 amide bonds. The van der Waals surface area contributed by atoms with Gasteiger partial charge in [-0.15, -0.1) is 11.6 Å². The Morgan fingerprint density at radius 2 is 2.06 bits per heavy atom. The molecular weight excluding hydrogens is 232 g/mol. The van der Waals surface area contributed by atoms with E-state index >= 15 is 0 Å². The Kier molecular flexibility index (Phi) is 4.27. The van der Waals surface area contributed by atoms with Gasteiger partial charge in [0.15, 0.2) is 0 Å². The summed E-state index contributed by atoms with van der Waals surface area (Å²) in [5.74, 6) is 1.67. The van der Waals surface area contributed by atoms with Gasteiger partial charge in [0.25, 0.3) is 0 Å². The van der Waals surface area contributed by atoms with Gasteiger partial charge in [0.05, 0.1) is 0 Å². The third-order valence-electron chi connectivity index (χ3n) is 3.55. The molecule has 0 unspecified atom stereocenters. The number of aryl methyl sites for hydroxylation is 1. The third-order valence-corrected chi connectivity index (χ3v) is 3.86. The highest BCUT2D eigenvalue weighted by atomic mass is 35.5. The van der Waals surface area contributed by atoms with E-state index in [1.165, 1.54) is 31.2 Å². The Morgan fingerprint density at radius 1 is 1.35 bits per heavy atom. The summed E-state index contributed by atoms with van der Waals surface area (Å²) in [6, 6.07) is 4.89. The van der Waals surface area contributed by atoms with Crippen LogP contribution < -0.4 is 4.90 Å². The molecule has 1 heterocycles. The minimum atomic E-state index is 0.568. The van der Waals surface area contributed by atoms with Crippen molar-refractivity contribution in [3.8, 4) is 0 Å². The number of nitrogens with zero attached hydrogens (tertiary/aromatic N) is 2. The molecule has 0 bridgehead atoms. The van der Waals surface area contributed by atoms with E-state index < -0.39 is 0 Å². The van der Waals surface area contributed by atoms with Gasteiger partial charge in [-0.05, 0) is 44.4 Å². The summed E-state index contributed by atoms with van der Waals surface area (Å²) >= 11 is 5.93. The SMILES string of the molecule is CCN(c1cc(CCl)cc(C)n1)C1CCCC1. The zero-order valence-electron chi connectivity index (χ0n) is 10.7. The molecule has 1 aromatic heterocycles. The lowest BCUT2D eigenvalue weighted by molar-refractivity contribution is 0.612. The van der Waals surface area contributed by atoms with Crippen LogP contribution in [0.5, 0.6) is 0 Å². The maximum absolute atomic E-state index is 5.93. The van der Waals surface area contributed by atoms with Crippen molar-refractivity contribution < 1.29 is 0 Å². The maximum atomic E-state index is 5.93. The first-order valence-corrected chi connectivity index (χ1v) is 7.08. The predicted octanol–water partition coefficient (Wildman–Crippen LogP) is 3.90. The van der Waals surface area contributed by atoms with Crippen LogP contribution in [0.15, 0.2) is 12.1 Å². The Morgan fingerprint density at radius 3 is 2.65 bits per heavy atom. The second-order valence-electron chi connectivity index (χ2n) is 4.83. The number of rotatable bonds is 4. The highest BCUT2D eigenvalue weighted by Gasteiger charge is 2.22. The maximum Gasteiger partial charge on any atom is 0.129 e. The molecule has 17 heavy (non-hydrogen) atoms. The molecule has 0 saturated heterocycles. The molecule has 0 aromatic carbocycles. The molecule has 0 N–H and O–H groups in total. The molecule has 0 spiro atoms. The van der Waals surface area contributed by atoms with Crippen molar-refractivity contribution in [3.63, 3.8) is 0 Å². The Bertz CT molecular complexity index is 372. The number of pyridine rings is 1. The van der Waals surface area contributed by atoms with Gasteiger partial charge in [-0.3, -0.25) is 0 Å². The lowest BCUT2D eigenvalue weighted by Gasteiger charge is -2.29. The summed E-state index contributed by atoms with van der Waals surface area (Å²) in [5, 5.41) is 0. The van der Waals surface area contributed by atoms with Crippen LogP contribution in [0, 0.1) is 6.92 Å². The van der Waals surface area contributed by atoms with Gasteiger partial charge >= 0.3 is 0 Å². The van der Waals surface area contributed by atoms with E-state index in [2.05, 4.69) is 28.9 Å². The molecule has 0 atom stereocenters. The summed E-state index contributed by atoms with van der Waals surface area (Å²) in [6.07, 6.45) is 5.32. The first kappa shape index (κ1) is 12.7. The van der Waals surface area contributed by atoms with E-state index in [-0.39, 0.29) is 0 Å². The normalized spacial score (nSPS) is 16.4. The quantitative estimate of drug-likeness (QED) is 0.756. The summed E-state index contributed by atoms with van der Waals surface area (Å²) < 4.78 is 0. The monoisotopic (exact) mass is 252 g/mol. The highest BCUT2D eigenvalue weighted by Crippen LogP contribution is 2.27. The van der Waals surface area contributed by atoms with Gasteiger partial charge < -0.3 is 4.90 Å². The number of hydrogen-bond donors (Lipinski definition) is 0. The predicted molar refractivity (Wildman–Crippen MR) is 73.8 cm³/mol. The van der Waals surface area contributed by atoms with Gasteiger partial charge in [0.1, 0.15) is 5.82 Å². The Balaban J connectivity index is 2.25. The number of halogens is 1. The number of alkyl halides is 1. The van der Waals surface area contributed by atoms with E-state index in [1.807, 2.05) is 6.92 Å². The van der Waals surface area contributed by atoms with E-state index in [1.54, 1.807) is 0 Å². The van der Waals surface area contributed by atoms with Crippen molar-refractivity contribution in [2.45, 2.75) is 51.5 Å². The summed E-state index contributed by atoms with van der Waals surface area (Å²) in [5.41, 5.74) is 2.24. The first-order valence-electron chi connectivity index (χ1n) is 6.54. The summed E-state index contributed by atoms with van der Waals surface area (Å²) in [7, 11) is 0. The van der Waals surface area contributed by atoms with Crippen LogP contribution in [0.4, 0.5) is 5.82 Å². The van der Waals surface area contributed by atoms with Crippen molar-refractivity contribution in [1.29, 1.82) is 0 Å². The van der Waals surface area contributed by atoms with E-state index in [0.29, 0.717) is 11.9 Å². The van der Waals surface area contributed by atoms with Gasteiger partial charge in [0, 0.05) is 24.2 Å². The molecule has 0 aliphatic heterocycles. The smallest absolute Gasteiger partial charge is 0.129 e. The Hall–Kier alpha value is -0.760.